The van der Waals surface area contributed by atoms with Crippen LogP contribution in [-0.4, -0.2) is 37.1 Å². The minimum atomic E-state index is -0.117. The standard InChI is InChI=1S/C13H18BrClN2O2S/c1-19-6-5-17-11(18)4-2-3-9(16)12(17)10-7-8(14)13(15)20-10/h7,9,12H,2-6,16H2,1H3. The molecule has 20 heavy (non-hydrogen) atoms. The van der Waals surface area contributed by atoms with Crippen molar-refractivity contribution in [2.45, 2.75) is 31.3 Å². The molecule has 0 radical (unpaired) electrons. The summed E-state index contributed by atoms with van der Waals surface area (Å²) in [5.74, 6) is 0.139. The number of hydrogen-bond donors (Lipinski definition) is 1. The monoisotopic (exact) mass is 380 g/mol. The molecular weight excluding hydrogens is 364 g/mol. The fourth-order valence-corrected chi connectivity index (χ4v) is 4.43. The zero-order chi connectivity index (χ0) is 14.7. The molecule has 112 valence electrons. The summed E-state index contributed by atoms with van der Waals surface area (Å²) < 4.78 is 6.66. The van der Waals surface area contributed by atoms with Crippen LogP contribution in [0.1, 0.15) is 30.2 Å². The molecule has 1 aromatic heterocycles. The summed E-state index contributed by atoms with van der Waals surface area (Å²) in [4.78, 5) is 15.2. The van der Waals surface area contributed by atoms with E-state index in [1.807, 2.05) is 11.0 Å². The highest BCUT2D eigenvalue weighted by atomic mass is 79.9. The second-order valence-electron chi connectivity index (χ2n) is 4.85. The topological polar surface area (TPSA) is 55.6 Å². The molecule has 2 N–H and O–H groups in total. The van der Waals surface area contributed by atoms with Gasteiger partial charge in [-0.2, -0.15) is 0 Å². The Hall–Kier alpha value is -0.140. The lowest BCUT2D eigenvalue weighted by atomic mass is 10.0. The Balaban J connectivity index is 2.32. The number of carbonyl (C=O) groups excluding carboxylic acids is 1. The lowest BCUT2D eigenvalue weighted by Crippen LogP contribution is -2.43. The molecule has 0 bridgehead atoms. The fourth-order valence-electron chi connectivity index (χ4n) is 2.50. The third kappa shape index (κ3) is 3.54. The largest absolute Gasteiger partial charge is 0.383 e. The lowest BCUT2D eigenvalue weighted by Gasteiger charge is -2.32. The number of methoxy groups -OCH3 is 1. The molecule has 2 heterocycles. The highest BCUT2D eigenvalue weighted by molar-refractivity contribution is 9.10. The zero-order valence-corrected chi connectivity index (χ0v) is 14.4. The van der Waals surface area contributed by atoms with E-state index >= 15 is 0 Å². The molecule has 2 unspecified atom stereocenters. The van der Waals surface area contributed by atoms with E-state index in [4.69, 9.17) is 22.1 Å². The van der Waals surface area contributed by atoms with Gasteiger partial charge in [0, 0.05) is 35.5 Å². The molecule has 1 aromatic rings. The summed E-state index contributed by atoms with van der Waals surface area (Å²) in [7, 11) is 1.63. The molecule has 4 nitrogen and oxygen atoms in total. The molecular formula is C13H18BrClN2O2S. The van der Waals surface area contributed by atoms with Crippen LogP contribution in [0.3, 0.4) is 0 Å². The van der Waals surface area contributed by atoms with Gasteiger partial charge in [-0.3, -0.25) is 4.79 Å². The molecule has 2 rings (SSSR count). The van der Waals surface area contributed by atoms with Crippen molar-refractivity contribution in [1.82, 2.24) is 4.90 Å². The minimum Gasteiger partial charge on any atom is -0.383 e. The van der Waals surface area contributed by atoms with E-state index in [-0.39, 0.29) is 18.0 Å². The minimum absolute atomic E-state index is 0.0695. The van der Waals surface area contributed by atoms with E-state index in [9.17, 15) is 4.79 Å². The molecule has 1 aliphatic rings. The summed E-state index contributed by atoms with van der Waals surface area (Å²) in [6.45, 7) is 1.07. The normalized spacial score (nSPS) is 24.0. The smallest absolute Gasteiger partial charge is 0.223 e. The van der Waals surface area contributed by atoms with E-state index in [2.05, 4.69) is 15.9 Å². The first-order chi connectivity index (χ1) is 9.54. The number of nitrogens with zero attached hydrogens (tertiary/aromatic N) is 1. The molecule has 0 saturated carbocycles. The molecule has 1 saturated heterocycles. The number of halogens is 2. The summed E-state index contributed by atoms with van der Waals surface area (Å²) in [5, 5.41) is 0. The summed E-state index contributed by atoms with van der Waals surface area (Å²) >= 11 is 11.0. The van der Waals surface area contributed by atoms with Crippen molar-refractivity contribution in [3.8, 4) is 0 Å². The van der Waals surface area contributed by atoms with Crippen LogP contribution in [0.2, 0.25) is 4.34 Å². The van der Waals surface area contributed by atoms with Crippen LogP contribution < -0.4 is 5.73 Å². The highest BCUT2D eigenvalue weighted by Gasteiger charge is 2.34. The van der Waals surface area contributed by atoms with Gasteiger partial charge in [-0.25, -0.2) is 0 Å². The maximum atomic E-state index is 12.3. The van der Waals surface area contributed by atoms with Gasteiger partial charge >= 0.3 is 0 Å². The third-order valence-corrected chi connectivity index (χ3v) is 6.03. The summed E-state index contributed by atoms with van der Waals surface area (Å²) in [5.41, 5.74) is 6.31. The number of ether oxygens (including phenoxy) is 1. The van der Waals surface area contributed by atoms with Gasteiger partial charge in [0.15, 0.2) is 0 Å². The van der Waals surface area contributed by atoms with E-state index in [1.54, 1.807) is 7.11 Å². The zero-order valence-electron chi connectivity index (χ0n) is 11.3. The van der Waals surface area contributed by atoms with Gasteiger partial charge in [-0.15, -0.1) is 11.3 Å². The number of amides is 1. The Morgan fingerprint density at radius 2 is 2.40 bits per heavy atom. The number of thiophene rings is 1. The van der Waals surface area contributed by atoms with Crippen molar-refractivity contribution >= 4 is 44.8 Å². The average Bonchev–Trinajstić information content (AvgIpc) is 2.65. The van der Waals surface area contributed by atoms with Crippen LogP contribution in [0.25, 0.3) is 0 Å². The number of hydrogen-bond acceptors (Lipinski definition) is 4. The number of carbonyl (C=O) groups is 1. The molecule has 0 aliphatic carbocycles. The Labute approximate surface area is 136 Å². The Kier molecular flexibility index (Phi) is 5.86. The molecule has 0 aromatic carbocycles. The average molecular weight is 382 g/mol. The van der Waals surface area contributed by atoms with E-state index < -0.39 is 0 Å². The van der Waals surface area contributed by atoms with Gasteiger partial charge < -0.3 is 15.4 Å². The van der Waals surface area contributed by atoms with Crippen LogP contribution in [0.4, 0.5) is 0 Å². The number of nitrogens with two attached hydrogens (primary N) is 1. The quantitative estimate of drug-likeness (QED) is 0.871. The van der Waals surface area contributed by atoms with Gasteiger partial charge in [0.05, 0.1) is 12.6 Å². The molecule has 7 heteroatoms. The van der Waals surface area contributed by atoms with E-state index in [0.29, 0.717) is 23.9 Å². The molecule has 1 aliphatic heterocycles. The van der Waals surface area contributed by atoms with Crippen LogP contribution >= 0.6 is 38.9 Å². The molecule has 1 amide bonds. The van der Waals surface area contributed by atoms with Gasteiger partial charge in [-0.1, -0.05) is 11.6 Å². The second kappa shape index (κ2) is 7.22. The molecule has 0 spiro atoms. The first kappa shape index (κ1) is 16.2. The second-order valence-corrected chi connectivity index (χ2v) is 7.39. The Bertz CT molecular complexity index is 463. The maximum Gasteiger partial charge on any atom is 0.223 e. The van der Waals surface area contributed by atoms with Crippen LogP contribution in [-0.2, 0) is 9.53 Å². The van der Waals surface area contributed by atoms with Gasteiger partial charge in [-0.05, 0) is 34.8 Å². The van der Waals surface area contributed by atoms with Crippen molar-refractivity contribution in [2.24, 2.45) is 5.73 Å². The first-order valence-corrected chi connectivity index (χ1v) is 8.52. The van der Waals surface area contributed by atoms with Crippen LogP contribution in [0, 0.1) is 0 Å². The first-order valence-electron chi connectivity index (χ1n) is 6.53. The van der Waals surface area contributed by atoms with Crippen molar-refractivity contribution in [3.63, 3.8) is 0 Å². The fraction of sp³-hybridized carbons (Fsp3) is 0.615. The van der Waals surface area contributed by atoms with Gasteiger partial charge in [0.2, 0.25) is 5.91 Å². The molecule has 2 atom stereocenters. The van der Waals surface area contributed by atoms with Crippen LogP contribution in [0.15, 0.2) is 10.5 Å². The third-order valence-electron chi connectivity index (χ3n) is 3.48. The van der Waals surface area contributed by atoms with Crippen LogP contribution in [0.5, 0.6) is 0 Å². The van der Waals surface area contributed by atoms with E-state index in [0.717, 1.165) is 22.2 Å². The highest BCUT2D eigenvalue weighted by Crippen LogP contribution is 2.40. The van der Waals surface area contributed by atoms with Crippen molar-refractivity contribution in [1.29, 1.82) is 0 Å². The van der Waals surface area contributed by atoms with Gasteiger partial charge in [0.25, 0.3) is 0 Å². The summed E-state index contributed by atoms with van der Waals surface area (Å²) in [6, 6.07) is 1.78. The number of rotatable bonds is 4. The van der Waals surface area contributed by atoms with Crippen molar-refractivity contribution in [2.75, 3.05) is 20.3 Å². The Morgan fingerprint density at radius 1 is 1.65 bits per heavy atom. The van der Waals surface area contributed by atoms with Crippen molar-refractivity contribution in [3.05, 3.63) is 19.8 Å². The van der Waals surface area contributed by atoms with Gasteiger partial charge in [0.1, 0.15) is 4.34 Å². The summed E-state index contributed by atoms with van der Waals surface area (Å²) in [6.07, 6.45) is 2.22. The lowest BCUT2D eigenvalue weighted by molar-refractivity contribution is -0.133. The van der Waals surface area contributed by atoms with Crippen molar-refractivity contribution < 1.29 is 9.53 Å². The molecule has 1 fully saturated rings. The Morgan fingerprint density at radius 3 is 3.00 bits per heavy atom. The predicted molar refractivity (Wildman–Crippen MR) is 85.2 cm³/mol. The predicted octanol–water partition coefficient (Wildman–Crippen LogP) is 3.19. The SMILES string of the molecule is COCCN1C(=O)CCCC(N)C1c1cc(Br)c(Cl)s1. The van der Waals surface area contributed by atoms with E-state index in [1.165, 1.54) is 11.3 Å². The number of likely N-dealkylation sites (tertiary alicyclic amines) is 1. The maximum absolute atomic E-state index is 12.3.